The fourth-order valence-electron chi connectivity index (χ4n) is 4.19. The molecule has 33 heavy (non-hydrogen) atoms. The predicted octanol–water partition coefficient (Wildman–Crippen LogP) is 4.57. The average molecular weight is 522 g/mol. The van der Waals surface area contributed by atoms with Crippen LogP contribution in [0.1, 0.15) is 65.5 Å². The molecular weight excluding hydrogens is 487 g/mol. The highest BCUT2D eigenvalue weighted by atomic mass is 35.5. The number of carbonyl (C=O) groups excluding carboxylic acids is 1. The minimum atomic E-state index is -1.38. The molecule has 1 aromatic carbocycles. The molecule has 0 aromatic heterocycles. The number of aromatic hydroxyl groups is 1. The van der Waals surface area contributed by atoms with E-state index in [0.29, 0.717) is 30.1 Å². The summed E-state index contributed by atoms with van der Waals surface area (Å²) < 4.78 is 27.1. The number of carbonyl (C=O) groups is 1. The Kier molecular flexibility index (Phi) is 8.53. The molecule has 7 nitrogen and oxygen atoms in total. The number of halogens is 2. The van der Waals surface area contributed by atoms with Crippen LogP contribution < -0.4 is 4.72 Å². The molecule has 4 atom stereocenters. The van der Waals surface area contributed by atoms with Gasteiger partial charge in [-0.1, -0.05) is 23.2 Å². The zero-order valence-corrected chi connectivity index (χ0v) is 22.1. The summed E-state index contributed by atoms with van der Waals surface area (Å²) in [6.07, 6.45) is 1.63. The maximum Gasteiger partial charge on any atom is 0.254 e. The van der Waals surface area contributed by atoms with Gasteiger partial charge in [0.1, 0.15) is 10.5 Å². The Hall–Kier alpha value is -0.740. The lowest BCUT2D eigenvalue weighted by atomic mass is 9.87. The SMILES string of the molecule is CC1(C)OC[C@H](C(=O)N2CCCC(C(N[S+]([O-])C(C)(C)C)c3cc(Cl)c(Cl)cc3O)CC2)O1. The van der Waals surface area contributed by atoms with Crippen molar-refractivity contribution >= 4 is 40.5 Å². The molecule has 0 aliphatic carbocycles. The number of phenolic OH excluding ortho intramolecular Hbond substituents is 1. The molecule has 2 fully saturated rings. The van der Waals surface area contributed by atoms with Crippen molar-refractivity contribution in [1.29, 1.82) is 0 Å². The third-order valence-electron chi connectivity index (χ3n) is 6.03. The van der Waals surface area contributed by atoms with Crippen molar-refractivity contribution in [2.24, 2.45) is 5.92 Å². The number of likely N-dealkylation sites (tertiary alicyclic amines) is 1. The largest absolute Gasteiger partial charge is 0.598 e. The molecule has 186 valence electrons. The van der Waals surface area contributed by atoms with Crippen LogP contribution in [0.4, 0.5) is 0 Å². The lowest BCUT2D eigenvalue weighted by molar-refractivity contribution is -0.160. The molecule has 3 unspecified atom stereocenters. The molecule has 0 bridgehead atoms. The van der Waals surface area contributed by atoms with Gasteiger partial charge in [-0.2, -0.15) is 0 Å². The molecule has 0 spiro atoms. The summed E-state index contributed by atoms with van der Waals surface area (Å²) in [7, 11) is 0. The summed E-state index contributed by atoms with van der Waals surface area (Å²) in [6.45, 7) is 10.7. The predicted molar refractivity (Wildman–Crippen MR) is 131 cm³/mol. The molecule has 0 radical (unpaired) electrons. The Balaban J connectivity index is 1.80. The van der Waals surface area contributed by atoms with Crippen LogP contribution in [0.5, 0.6) is 5.75 Å². The lowest BCUT2D eigenvalue weighted by Gasteiger charge is -2.32. The Labute approximate surface area is 209 Å². The summed E-state index contributed by atoms with van der Waals surface area (Å²) in [5.74, 6) is -0.800. The van der Waals surface area contributed by atoms with Crippen molar-refractivity contribution < 1.29 is 23.9 Å². The highest BCUT2D eigenvalue weighted by Crippen LogP contribution is 2.40. The van der Waals surface area contributed by atoms with Crippen LogP contribution in [-0.4, -0.2) is 56.8 Å². The molecule has 2 heterocycles. The number of nitrogens with one attached hydrogen (secondary N) is 1. The van der Waals surface area contributed by atoms with Gasteiger partial charge in [-0.25, -0.2) is 0 Å². The third-order valence-corrected chi connectivity index (χ3v) is 8.34. The fraction of sp³-hybridized carbons (Fsp3) is 0.696. The highest BCUT2D eigenvalue weighted by Gasteiger charge is 2.40. The van der Waals surface area contributed by atoms with Crippen molar-refractivity contribution in [3.05, 3.63) is 27.7 Å². The van der Waals surface area contributed by atoms with Crippen molar-refractivity contribution in [3.63, 3.8) is 0 Å². The van der Waals surface area contributed by atoms with Crippen LogP contribution in [0, 0.1) is 5.92 Å². The minimum absolute atomic E-state index is 0.00345. The van der Waals surface area contributed by atoms with Gasteiger partial charge in [-0.15, -0.1) is 4.72 Å². The van der Waals surface area contributed by atoms with E-state index in [1.54, 1.807) is 19.9 Å². The monoisotopic (exact) mass is 520 g/mol. The van der Waals surface area contributed by atoms with Crippen molar-refractivity contribution in [1.82, 2.24) is 9.62 Å². The molecule has 2 N–H and O–H groups in total. The van der Waals surface area contributed by atoms with Gasteiger partial charge in [0.15, 0.2) is 11.9 Å². The van der Waals surface area contributed by atoms with E-state index in [4.69, 9.17) is 32.7 Å². The molecule has 2 saturated heterocycles. The van der Waals surface area contributed by atoms with Crippen LogP contribution in [0.3, 0.4) is 0 Å². The van der Waals surface area contributed by atoms with Gasteiger partial charge >= 0.3 is 0 Å². The number of phenols is 1. The molecule has 2 aliphatic heterocycles. The summed E-state index contributed by atoms with van der Waals surface area (Å²) in [5.41, 5.74) is 0.557. The number of amides is 1. The van der Waals surface area contributed by atoms with Gasteiger partial charge in [-0.05, 0) is 65.9 Å². The van der Waals surface area contributed by atoms with E-state index in [2.05, 4.69) is 4.72 Å². The first kappa shape index (κ1) is 26.9. The fourth-order valence-corrected chi connectivity index (χ4v) is 5.43. The molecule has 0 saturated carbocycles. The van der Waals surface area contributed by atoms with E-state index in [1.807, 2.05) is 25.7 Å². The second-order valence-electron chi connectivity index (χ2n) is 10.1. The van der Waals surface area contributed by atoms with Crippen molar-refractivity contribution in [2.75, 3.05) is 19.7 Å². The highest BCUT2D eigenvalue weighted by molar-refractivity contribution is 7.90. The first-order valence-electron chi connectivity index (χ1n) is 11.2. The molecule has 1 aromatic rings. The van der Waals surface area contributed by atoms with Gasteiger partial charge in [0.25, 0.3) is 5.91 Å². The zero-order valence-electron chi connectivity index (χ0n) is 19.8. The molecular formula is C23H34Cl2N2O5S. The zero-order chi connectivity index (χ0) is 24.6. The Morgan fingerprint density at radius 1 is 1.27 bits per heavy atom. The van der Waals surface area contributed by atoms with Crippen molar-refractivity contribution in [3.8, 4) is 5.75 Å². The van der Waals surface area contributed by atoms with Gasteiger partial charge in [0.2, 0.25) is 0 Å². The molecule has 10 heteroatoms. The number of hydrogen-bond acceptors (Lipinski definition) is 6. The number of ether oxygens (including phenoxy) is 2. The summed E-state index contributed by atoms with van der Waals surface area (Å²) >= 11 is 11.0. The smallest absolute Gasteiger partial charge is 0.254 e. The van der Waals surface area contributed by atoms with Gasteiger partial charge in [0.05, 0.1) is 22.7 Å². The first-order valence-corrected chi connectivity index (χ1v) is 13.2. The Morgan fingerprint density at radius 3 is 2.55 bits per heavy atom. The molecule has 3 rings (SSSR count). The number of rotatable bonds is 5. The van der Waals surface area contributed by atoms with E-state index < -0.39 is 34.0 Å². The topological polar surface area (TPSA) is 94.1 Å². The maximum absolute atomic E-state index is 13.0. The van der Waals surface area contributed by atoms with Gasteiger partial charge in [0, 0.05) is 36.1 Å². The second kappa shape index (κ2) is 10.5. The summed E-state index contributed by atoms with van der Waals surface area (Å²) in [6, 6.07) is 2.63. The van der Waals surface area contributed by atoms with Gasteiger partial charge in [-0.3, -0.25) is 4.79 Å². The van der Waals surface area contributed by atoms with Crippen molar-refractivity contribution in [2.45, 2.75) is 76.6 Å². The van der Waals surface area contributed by atoms with Crippen LogP contribution in [0.25, 0.3) is 0 Å². The van der Waals surface area contributed by atoms with E-state index in [-0.39, 0.29) is 29.2 Å². The standard InChI is InChI=1S/C23H34Cl2N2O5S/c1-22(2,3)33(30)26-20(15-11-16(24)17(25)12-18(15)28)14-7-6-9-27(10-8-14)21(29)19-13-31-23(4,5)32-19/h11-12,14,19-20,26,28H,6-10,13H2,1-5H3/t14?,19-,20?,33?/m1/s1. The first-order chi connectivity index (χ1) is 15.3. The van der Waals surface area contributed by atoms with Crippen LogP contribution >= 0.6 is 23.2 Å². The van der Waals surface area contributed by atoms with E-state index >= 15 is 0 Å². The number of nitrogens with zero attached hydrogens (tertiary/aromatic N) is 1. The van der Waals surface area contributed by atoms with E-state index in [0.717, 1.165) is 12.8 Å². The number of benzene rings is 1. The third kappa shape index (κ3) is 6.69. The molecule has 2 aliphatic rings. The maximum atomic E-state index is 13.0. The quantitative estimate of drug-likeness (QED) is 0.552. The van der Waals surface area contributed by atoms with E-state index in [1.165, 1.54) is 6.07 Å². The summed E-state index contributed by atoms with van der Waals surface area (Å²) in [4.78, 5) is 14.8. The average Bonchev–Trinajstić information content (AvgIpc) is 2.92. The normalized spacial score (nSPS) is 25.5. The lowest BCUT2D eigenvalue weighted by Crippen LogP contribution is -2.44. The van der Waals surface area contributed by atoms with E-state index in [9.17, 15) is 14.5 Å². The Bertz CT molecular complexity index is 864. The van der Waals surface area contributed by atoms with Crippen LogP contribution in [-0.2, 0) is 25.6 Å². The number of hydrogen-bond donors (Lipinski definition) is 2. The van der Waals surface area contributed by atoms with Gasteiger partial charge < -0.3 is 24.0 Å². The summed E-state index contributed by atoms with van der Waals surface area (Å²) in [5, 5.41) is 11.2. The van der Waals surface area contributed by atoms with Crippen LogP contribution in [0.15, 0.2) is 12.1 Å². The second-order valence-corrected chi connectivity index (χ2v) is 12.9. The minimum Gasteiger partial charge on any atom is -0.598 e. The Morgan fingerprint density at radius 2 is 1.94 bits per heavy atom. The molecule has 1 amide bonds. The van der Waals surface area contributed by atoms with Crippen LogP contribution in [0.2, 0.25) is 10.0 Å².